The maximum atomic E-state index is 4.32. The van der Waals surface area contributed by atoms with Crippen molar-refractivity contribution in [1.29, 1.82) is 0 Å². The van der Waals surface area contributed by atoms with Crippen molar-refractivity contribution >= 4 is 11.6 Å². The number of nitrogens with zero attached hydrogens (tertiary/aromatic N) is 5. The molecule has 0 aliphatic carbocycles. The van der Waals surface area contributed by atoms with Crippen LogP contribution in [0.5, 0.6) is 0 Å². The van der Waals surface area contributed by atoms with E-state index >= 15 is 0 Å². The topological polar surface area (TPSA) is 68.0 Å². The second-order valence-corrected chi connectivity index (χ2v) is 3.51. The van der Waals surface area contributed by atoms with Crippen LogP contribution in [0, 0.1) is 0 Å². The minimum atomic E-state index is 0.560. The van der Waals surface area contributed by atoms with Gasteiger partial charge in [-0.1, -0.05) is 6.07 Å². The molecule has 0 bridgehead atoms. The third-order valence-corrected chi connectivity index (χ3v) is 2.30. The molecule has 0 aliphatic heterocycles. The van der Waals surface area contributed by atoms with Gasteiger partial charge in [-0.15, -0.1) is 5.10 Å². The van der Waals surface area contributed by atoms with E-state index in [0.717, 1.165) is 11.3 Å². The summed E-state index contributed by atoms with van der Waals surface area (Å²) in [5.74, 6) is 0.585. The molecule has 0 aromatic carbocycles. The Morgan fingerprint density at radius 2 is 2.18 bits per heavy atom. The van der Waals surface area contributed by atoms with E-state index in [1.165, 1.54) is 0 Å². The number of pyridine rings is 1. The first kappa shape index (κ1) is 9.71. The van der Waals surface area contributed by atoms with E-state index in [0.29, 0.717) is 12.5 Å². The summed E-state index contributed by atoms with van der Waals surface area (Å²) in [6.07, 6.45) is 3.50. The fourth-order valence-electron chi connectivity index (χ4n) is 1.50. The third kappa shape index (κ3) is 2.05. The molecular formula is C11H10N6. The third-order valence-electron chi connectivity index (χ3n) is 2.30. The van der Waals surface area contributed by atoms with Crippen molar-refractivity contribution in [2.75, 3.05) is 5.32 Å². The Morgan fingerprint density at radius 3 is 3.00 bits per heavy atom. The number of nitrogens with one attached hydrogen (secondary N) is 1. The number of anilines is 1. The molecule has 0 amide bonds. The first-order valence-corrected chi connectivity index (χ1v) is 5.24. The molecule has 0 saturated heterocycles. The maximum Gasteiger partial charge on any atom is 0.243 e. The van der Waals surface area contributed by atoms with E-state index < -0.39 is 0 Å². The summed E-state index contributed by atoms with van der Waals surface area (Å²) in [6.45, 7) is 0.560. The second kappa shape index (κ2) is 4.17. The normalized spacial score (nSPS) is 10.6. The van der Waals surface area contributed by atoms with E-state index in [9.17, 15) is 0 Å². The molecular weight excluding hydrogens is 216 g/mol. The van der Waals surface area contributed by atoms with Crippen LogP contribution in [0.25, 0.3) is 5.65 Å². The van der Waals surface area contributed by atoms with Gasteiger partial charge in [-0.2, -0.15) is 15.2 Å². The summed E-state index contributed by atoms with van der Waals surface area (Å²) < 4.78 is 1.72. The summed E-state index contributed by atoms with van der Waals surface area (Å²) in [4.78, 5) is 4.32. The molecule has 6 nitrogen and oxygen atoms in total. The lowest BCUT2D eigenvalue weighted by molar-refractivity contribution is 0.903. The van der Waals surface area contributed by atoms with Crippen LogP contribution in [-0.2, 0) is 6.54 Å². The molecule has 3 aromatic rings. The van der Waals surface area contributed by atoms with Crippen molar-refractivity contribution in [1.82, 2.24) is 24.8 Å². The minimum absolute atomic E-state index is 0.560. The molecule has 0 fully saturated rings. The highest BCUT2D eigenvalue weighted by atomic mass is 15.3. The summed E-state index contributed by atoms with van der Waals surface area (Å²) in [5.41, 5.74) is 1.67. The number of rotatable bonds is 3. The Labute approximate surface area is 97.3 Å². The van der Waals surface area contributed by atoms with Gasteiger partial charge in [-0.05, 0) is 24.3 Å². The van der Waals surface area contributed by atoms with Gasteiger partial charge in [0.25, 0.3) is 0 Å². The Balaban J connectivity index is 1.77. The largest absolute Gasteiger partial charge is 0.347 e. The molecule has 17 heavy (non-hydrogen) atoms. The van der Waals surface area contributed by atoms with E-state index in [1.54, 1.807) is 10.7 Å². The number of fused-ring (bicyclic) bond motifs is 1. The predicted molar refractivity (Wildman–Crippen MR) is 62.3 cm³/mol. The summed E-state index contributed by atoms with van der Waals surface area (Å²) in [5, 5.41) is 15.2. The van der Waals surface area contributed by atoms with Crippen molar-refractivity contribution in [3.05, 3.63) is 48.4 Å². The smallest absolute Gasteiger partial charge is 0.243 e. The molecule has 0 spiro atoms. The highest BCUT2D eigenvalue weighted by molar-refractivity contribution is 5.42. The Kier molecular flexibility index (Phi) is 2.38. The number of hydrogen-bond acceptors (Lipinski definition) is 5. The van der Waals surface area contributed by atoms with Gasteiger partial charge < -0.3 is 5.32 Å². The van der Waals surface area contributed by atoms with E-state index in [2.05, 4.69) is 25.6 Å². The summed E-state index contributed by atoms with van der Waals surface area (Å²) in [6, 6.07) is 9.49. The molecule has 1 N–H and O–H groups in total. The SMILES string of the molecule is c1cnnc(CNc2nc3ccccn3n2)c1. The summed E-state index contributed by atoms with van der Waals surface area (Å²) >= 11 is 0. The minimum Gasteiger partial charge on any atom is -0.347 e. The zero-order valence-corrected chi connectivity index (χ0v) is 8.98. The molecule has 0 radical (unpaired) electrons. The van der Waals surface area contributed by atoms with Crippen LogP contribution in [0.1, 0.15) is 5.69 Å². The van der Waals surface area contributed by atoms with Gasteiger partial charge in [-0.3, -0.25) is 0 Å². The molecule has 0 unspecified atom stereocenters. The highest BCUT2D eigenvalue weighted by Gasteiger charge is 2.02. The lowest BCUT2D eigenvalue weighted by atomic mass is 10.4. The first-order chi connectivity index (χ1) is 8.42. The lowest BCUT2D eigenvalue weighted by Gasteiger charge is -1.98. The van der Waals surface area contributed by atoms with Crippen LogP contribution in [0.2, 0.25) is 0 Å². The fraction of sp³-hybridized carbons (Fsp3) is 0.0909. The van der Waals surface area contributed by atoms with Gasteiger partial charge >= 0.3 is 0 Å². The van der Waals surface area contributed by atoms with Gasteiger partial charge in [0.15, 0.2) is 5.65 Å². The van der Waals surface area contributed by atoms with Crippen molar-refractivity contribution in [2.24, 2.45) is 0 Å². The molecule has 0 aliphatic rings. The van der Waals surface area contributed by atoms with Crippen LogP contribution in [0.3, 0.4) is 0 Å². The summed E-state index contributed by atoms with van der Waals surface area (Å²) in [7, 11) is 0. The predicted octanol–water partition coefficient (Wildman–Crippen LogP) is 1.13. The molecule has 0 atom stereocenters. The van der Waals surface area contributed by atoms with Gasteiger partial charge in [0.1, 0.15) is 0 Å². The fourth-order valence-corrected chi connectivity index (χ4v) is 1.50. The lowest BCUT2D eigenvalue weighted by Crippen LogP contribution is -2.03. The van der Waals surface area contributed by atoms with Crippen molar-refractivity contribution in [3.63, 3.8) is 0 Å². The average molecular weight is 226 g/mol. The highest BCUT2D eigenvalue weighted by Crippen LogP contribution is 2.05. The van der Waals surface area contributed by atoms with Gasteiger partial charge in [0.2, 0.25) is 5.95 Å². The van der Waals surface area contributed by atoms with E-state index in [4.69, 9.17) is 0 Å². The zero-order valence-electron chi connectivity index (χ0n) is 8.98. The van der Waals surface area contributed by atoms with Gasteiger partial charge in [0.05, 0.1) is 12.2 Å². The molecule has 3 aromatic heterocycles. The Bertz CT molecular complexity index is 585. The second-order valence-electron chi connectivity index (χ2n) is 3.51. The van der Waals surface area contributed by atoms with E-state index in [1.807, 2.05) is 36.5 Å². The molecule has 3 rings (SSSR count). The molecule has 0 saturated carbocycles. The maximum absolute atomic E-state index is 4.32. The van der Waals surface area contributed by atoms with Crippen LogP contribution in [0.4, 0.5) is 5.95 Å². The quantitative estimate of drug-likeness (QED) is 0.725. The van der Waals surface area contributed by atoms with E-state index in [-0.39, 0.29) is 0 Å². The van der Waals surface area contributed by atoms with Crippen molar-refractivity contribution in [2.45, 2.75) is 6.54 Å². The number of aromatic nitrogens is 5. The standard InChI is InChI=1S/C11H10N6/c1-2-7-17-10(5-1)14-11(16-17)12-8-9-4-3-6-13-15-9/h1-7H,8H2,(H,12,16). The number of hydrogen-bond donors (Lipinski definition) is 1. The molecule has 84 valence electrons. The van der Waals surface area contributed by atoms with Crippen LogP contribution >= 0.6 is 0 Å². The van der Waals surface area contributed by atoms with Crippen molar-refractivity contribution in [3.8, 4) is 0 Å². The zero-order chi connectivity index (χ0) is 11.5. The van der Waals surface area contributed by atoms with Gasteiger partial charge in [0, 0.05) is 12.4 Å². The molecule has 6 heteroatoms. The Hall–Kier alpha value is -2.50. The van der Waals surface area contributed by atoms with Crippen molar-refractivity contribution < 1.29 is 0 Å². The average Bonchev–Trinajstić information content (AvgIpc) is 2.80. The van der Waals surface area contributed by atoms with Crippen LogP contribution in [0.15, 0.2) is 42.7 Å². The Morgan fingerprint density at radius 1 is 1.18 bits per heavy atom. The molecule has 3 heterocycles. The van der Waals surface area contributed by atoms with Crippen LogP contribution in [-0.4, -0.2) is 24.8 Å². The first-order valence-electron chi connectivity index (χ1n) is 5.24. The van der Waals surface area contributed by atoms with Crippen LogP contribution < -0.4 is 5.32 Å². The monoisotopic (exact) mass is 226 g/mol. The van der Waals surface area contributed by atoms with Gasteiger partial charge in [-0.25, -0.2) is 4.52 Å².